The molecule has 0 atom stereocenters. The zero-order valence-electron chi connectivity index (χ0n) is 16.4. The predicted molar refractivity (Wildman–Crippen MR) is 121 cm³/mol. The van der Waals surface area contributed by atoms with E-state index in [-0.39, 0.29) is 17.2 Å². The van der Waals surface area contributed by atoms with E-state index in [1.165, 1.54) is 28.6 Å². The molecule has 1 amide bonds. The number of rotatable bonds is 6. The number of aryl methyl sites for hydroxylation is 3. The van der Waals surface area contributed by atoms with Gasteiger partial charge in [0.1, 0.15) is 4.83 Å². The van der Waals surface area contributed by atoms with Crippen LogP contribution in [0.3, 0.4) is 0 Å². The van der Waals surface area contributed by atoms with E-state index in [1.54, 1.807) is 22.0 Å². The van der Waals surface area contributed by atoms with E-state index in [2.05, 4.69) is 11.9 Å². The number of hydrogen-bond donors (Lipinski definition) is 1. The van der Waals surface area contributed by atoms with Gasteiger partial charge in [-0.05, 0) is 55.9 Å². The van der Waals surface area contributed by atoms with Crippen LogP contribution in [0.2, 0.25) is 0 Å². The SMILES string of the molecule is C=CCn1c(SCC(=O)Nc2cccc(C)c2)nc2sc3c(c2c1=O)CCCC3. The summed E-state index contributed by atoms with van der Waals surface area (Å²) in [5, 5.41) is 4.24. The van der Waals surface area contributed by atoms with E-state index >= 15 is 0 Å². The van der Waals surface area contributed by atoms with Crippen molar-refractivity contribution in [3.8, 4) is 0 Å². The molecule has 2 heterocycles. The first kappa shape index (κ1) is 19.9. The fourth-order valence-corrected chi connectivity index (χ4v) is 5.78. The van der Waals surface area contributed by atoms with Gasteiger partial charge < -0.3 is 5.32 Å². The molecular formula is C22H23N3O2S2. The summed E-state index contributed by atoms with van der Waals surface area (Å²) in [4.78, 5) is 32.5. The largest absolute Gasteiger partial charge is 0.325 e. The Balaban J connectivity index is 1.60. The Morgan fingerprint density at radius 1 is 1.38 bits per heavy atom. The van der Waals surface area contributed by atoms with Crippen LogP contribution < -0.4 is 10.9 Å². The van der Waals surface area contributed by atoms with Crippen LogP contribution in [0.15, 0.2) is 46.9 Å². The normalized spacial score (nSPS) is 13.3. The van der Waals surface area contributed by atoms with E-state index in [4.69, 9.17) is 4.98 Å². The van der Waals surface area contributed by atoms with E-state index in [9.17, 15) is 9.59 Å². The molecule has 5 nitrogen and oxygen atoms in total. The standard InChI is InChI=1S/C22H23N3O2S2/c1-3-11-25-21(27)19-16-9-4-5-10-17(16)29-20(19)24-22(25)28-13-18(26)23-15-8-6-7-14(2)12-15/h3,6-8,12H,1,4-5,9-11,13H2,2H3,(H,23,26). The molecule has 3 aromatic rings. The first-order chi connectivity index (χ1) is 14.1. The highest BCUT2D eigenvalue weighted by molar-refractivity contribution is 7.99. The van der Waals surface area contributed by atoms with Crippen molar-refractivity contribution >= 4 is 44.9 Å². The van der Waals surface area contributed by atoms with Gasteiger partial charge in [0.2, 0.25) is 5.91 Å². The molecule has 7 heteroatoms. The third-order valence-corrected chi connectivity index (χ3v) is 7.15. The lowest BCUT2D eigenvalue weighted by molar-refractivity contribution is -0.113. The molecule has 0 unspecified atom stereocenters. The number of nitrogens with one attached hydrogen (secondary N) is 1. The Morgan fingerprint density at radius 2 is 2.21 bits per heavy atom. The molecule has 0 saturated heterocycles. The zero-order valence-corrected chi connectivity index (χ0v) is 18.0. The minimum atomic E-state index is -0.120. The van der Waals surface area contributed by atoms with Gasteiger partial charge in [-0.3, -0.25) is 14.2 Å². The molecule has 0 bridgehead atoms. The second-order valence-electron chi connectivity index (χ2n) is 7.20. The maximum atomic E-state index is 13.2. The third kappa shape index (κ3) is 4.16. The molecule has 1 aliphatic carbocycles. The molecule has 0 fully saturated rings. The van der Waals surface area contributed by atoms with Gasteiger partial charge in [0.25, 0.3) is 5.56 Å². The molecule has 29 heavy (non-hydrogen) atoms. The topological polar surface area (TPSA) is 64.0 Å². The maximum Gasteiger partial charge on any atom is 0.263 e. The number of carbonyl (C=O) groups is 1. The molecular weight excluding hydrogens is 402 g/mol. The van der Waals surface area contributed by atoms with Crippen molar-refractivity contribution in [2.24, 2.45) is 0 Å². The summed E-state index contributed by atoms with van der Waals surface area (Å²) < 4.78 is 1.64. The number of nitrogens with zero attached hydrogens (tertiary/aromatic N) is 2. The monoisotopic (exact) mass is 425 g/mol. The average molecular weight is 426 g/mol. The van der Waals surface area contributed by atoms with E-state index in [0.717, 1.165) is 40.7 Å². The number of fused-ring (bicyclic) bond motifs is 3. The van der Waals surface area contributed by atoms with Crippen molar-refractivity contribution in [2.75, 3.05) is 11.1 Å². The number of allylic oxidation sites excluding steroid dienone is 1. The van der Waals surface area contributed by atoms with Crippen LogP contribution in [0.4, 0.5) is 5.69 Å². The van der Waals surface area contributed by atoms with Gasteiger partial charge in [-0.25, -0.2) is 4.98 Å². The lowest BCUT2D eigenvalue weighted by Gasteiger charge is -2.12. The first-order valence-electron chi connectivity index (χ1n) is 9.72. The number of benzene rings is 1. The molecule has 4 rings (SSSR count). The Labute approximate surface area is 177 Å². The number of thioether (sulfide) groups is 1. The molecule has 1 aromatic carbocycles. The fraction of sp³-hybridized carbons (Fsp3) is 0.318. The minimum Gasteiger partial charge on any atom is -0.325 e. The highest BCUT2D eigenvalue weighted by atomic mass is 32.2. The third-order valence-electron chi connectivity index (χ3n) is 4.99. The average Bonchev–Trinajstić information content (AvgIpc) is 3.07. The number of thiophene rings is 1. The Hall–Kier alpha value is -2.38. The van der Waals surface area contributed by atoms with Gasteiger partial charge in [0, 0.05) is 17.1 Å². The van der Waals surface area contributed by atoms with Crippen molar-refractivity contribution in [1.29, 1.82) is 0 Å². The van der Waals surface area contributed by atoms with Gasteiger partial charge in [0.15, 0.2) is 5.16 Å². The number of carbonyl (C=O) groups excluding carboxylic acids is 1. The first-order valence-corrected chi connectivity index (χ1v) is 11.5. The summed E-state index contributed by atoms with van der Waals surface area (Å²) in [5.74, 6) is 0.0688. The molecule has 0 radical (unpaired) electrons. The Kier molecular flexibility index (Phi) is 5.87. The van der Waals surface area contributed by atoms with E-state index in [1.807, 2.05) is 31.2 Å². The van der Waals surface area contributed by atoms with Crippen LogP contribution in [-0.4, -0.2) is 21.2 Å². The van der Waals surface area contributed by atoms with Gasteiger partial charge in [0.05, 0.1) is 11.1 Å². The Bertz CT molecular complexity index is 1150. The Morgan fingerprint density at radius 3 is 3.00 bits per heavy atom. The van der Waals surface area contributed by atoms with Crippen LogP contribution in [-0.2, 0) is 24.2 Å². The zero-order chi connectivity index (χ0) is 20.4. The minimum absolute atomic E-state index is 0.0177. The van der Waals surface area contributed by atoms with Crippen LogP contribution in [0.1, 0.15) is 28.8 Å². The highest BCUT2D eigenvalue weighted by Crippen LogP contribution is 2.34. The maximum absolute atomic E-state index is 13.2. The number of hydrogen-bond acceptors (Lipinski definition) is 5. The highest BCUT2D eigenvalue weighted by Gasteiger charge is 2.22. The lowest BCUT2D eigenvalue weighted by Crippen LogP contribution is -2.24. The van der Waals surface area contributed by atoms with Crippen LogP contribution in [0.5, 0.6) is 0 Å². The van der Waals surface area contributed by atoms with Gasteiger partial charge in [-0.1, -0.05) is 30.0 Å². The molecule has 0 saturated carbocycles. The summed E-state index contributed by atoms with van der Waals surface area (Å²) in [5.41, 5.74) is 3.02. The number of anilines is 1. The van der Waals surface area contributed by atoms with Crippen molar-refractivity contribution in [2.45, 2.75) is 44.3 Å². The molecule has 0 spiro atoms. The van der Waals surface area contributed by atoms with Crippen molar-refractivity contribution < 1.29 is 4.79 Å². The summed E-state index contributed by atoms with van der Waals surface area (Å²) in [6.45, 7) is 6.15. The summed E-state index contributed by atoms with van der Waals surface area (Å²) in [7, 11) is 0. The van der Waals surface area contributed by atoms with E-state index < -0.39 is 0 Å². The quantitative estimate of drug-likeness (QED) is 0.357. The smallest absolute Gasteiger partial charge is 0.263 e. The van der Waals surface area contributed by atoms with Crippen LogP contribution in [0, 0.1) is 6.92 Å². The van der Waals surface area contributed by atoms with Crippen molar-refractivity contribution in [3.05, 3.63) is 63.3 Å². The lowest BCUT2D eigenvalue weighted by atomic mass is 9.97. The van der Waals surface area contributed by atoms with Crippen LogP contribution in [0.25, 0.3) is 10.2 Å². The van der Waals surface area contributed by atoms with Crippen LogP contribution >= 0.6 is 23.1 Å². The summed E-state index contributed by atoms with van der Waals surface area (Å²) in [6, 6.07) is 7.69. The van der Waals surface area contributed by atoms with Crippen molar-refractivity contribution in [3.63, 3.8) is 0 Å². The predicted octanol–water partition coefficient (Wildman–Crippen LogP) is 4.56. The van der Waals surface area contributed by atoms with Gasteiger partial charge >= 0.3 is 0 Å². The van der Waals surface area contributed by atoms with Gasteiger partial charge in [-0.2, -0.15) is 0 Å². The number of aromatic nitrogens is 2. The van der Waals surface area contributed by atoms with Crippen molar-refractivity contribution in [1.82, 2.24) is 9.55 Å². The molecule has 0 aliphatic heterocycles. The van der Waals surface area contributed by atoms with Gasteiger partial charge in [-0.15, -0.1) is 17.9 Å². The molecule has 1 N–H and O–H groups in total. The van der Waals surface area contributed by atoms with E-state index in [0.29, 0.717) is 11.7 Å². The summed E-state index contributed by atoms with van der Waals surface area (Å²) >= 11 is 2.92. The molecule has 1 aliphatic rings. The number of amides is 1. The summed E-state index contributed by atoms with van der Waals surface area (Å²) in [6.07, 6.45) is 5.96. The molecule has 2 aromatic heterocycles. The second-order valence-corrected chi connectivity index (χ2v) is 9.22. The molecule has 150 valence electrons. The fourth-order valence-electron chi connectivity index (χ4n) is 3.67. The second kappa shape index (κ2) is 8.55.